The highest BCUT2D eigenvalue weighted by atomic mass is 19.3. The predicted octanol–water partition coefficient (Wildman–Crippen LogP) is 1.59. The molecule has 0 aliphatic rings. The number of rotatable bonds is 7. The molecule has 6 unspecified atom stereocenters. The Hall–Kier alpha value is -0.640. The Morgan fingerprint density at radius 3 is 1.00 bits per heavy atom. The van der Waals surface area contributed by atoms with E-state index in [-0.39, 0.29) is 0 Å². The van der Waals surface area contributed by atoms with Gasteiger partial charge in [0, 0.05) is 0 Å². The van der Waals surface area contributed by atoms with Crippen LogP contribution < -0.4 is 0 Å². The van der Waals surface area contributed by atoms with Gasteiger partial charge in [0.1, 0.15) is 0 Å². The molecule has 0 spiro atoms. The van der Waals surface area contributed by atoms with Crippen molar-refractivity contribution in [3.8, 4) is 0 Å². The van der Waals surface area contributed by atoms with Crippen molar-refractivity contribution in [1.29, 1.82) is 0 Å². The monoisotopic (exact) mass is 290 g/mol. The molecule has 0 saturated heterocycles. The summed E-state index contributed by atoms with van der Waals surface area (Å²) in [5.74, 6) is 0. The van der Waals surface area contributed by atoms with E-state index in [9.17, 15) is 35.1 Å². The standard InChI is InChI=1S/C8H10F8O2/c9-1(3(11)5(13)7(15)16)2(10)4(12)6(14)8(17)18/h1-8,17-18H. The molecule has 2 nitrogen and oxygen atoms in total. The zero-order valence-corrected chi connectivity index (χ0v) is 8.54. The molecular formula is C8H10F8O2. The Balaban J connectivity index is 4.63. The average Bonchev–Trinajstić information content (AvgIpc) is 2.32. The maximum atomic E-state index is 12.8. The summed E-state index contributed by atoms with van der Waals surface area (Å²) in [7, 11) is 0. The average molecular weight is 290 g/mol. The second-order valence-electron chi connectivity index (χ2n) is 3.41. The van der Waals surface area contributed by atoms with Crippen LogP contribution in [0, 0.1) is 0 Å². The number of aliphatic hydroxyl groups excluding tert-OH is 1. The van der Waals surface area contributed by atoms with Crippen molar-refractivity contribution in [2.75, 3.05) is 0 Å². The minimum atomic E-state index is -3.96. The number of aliphatic hydroxyl groups is 2. The molecule has 0 bridgehead atoms. The third-order valence-corrected chi connectivity index (χ3v) is 2.05. The van der Waals surface area contributed by atoms with Gasteiger partial charge < -0.3 is 10.2 Å². The number of alkyl halides is 8. The van der Waals surface area contributed by atoms with Crippen molar-refractivity contribution in [2.24, 2.45) is 0 Å². The van der Waals surface area contributed by atoms with Gasteiger partial charge >= 0.3 is 0 Å². The molecule has 0 aromatic rings. The van der Waals surface area contributed by atoms with E-state index < -0.39 is 49.7 Å². The van der Waals surface area contributed by atoms with Crippen LogP contribution in [0.4, 0.5) is 35.1 Å². The molecular weight excluding hydrogens is 280 g/mol. The minimum Gasteiger partial charge on any atom is -0.366 e. The van der Waals surface area contributed by atoms with Crippen LogP contribution in [-0.2, 0) is 0 Å². The van der Waals surface area contributed by atoms with Gasteiger partial charge in [-0.3, -0.25) is 0 Å². The summed E-state index contributed by atoms with van der Waals surface area (Å²) >= 11 is 0. The first-order valence-electron chi connectivity index (χ1n) is 4.60. The van der Waals surface area contributed by atoms with Gasteiger partial charge in [0.15, 0.2) is 43.3 Å². The number of hydrogen-bond acceptors (Lipinski definition) is 2. The molecule has 18 heavy (non-hydrogen) atoms. The summed E-state index contributed by atoms with van der Waals surface area (Å²) in [6.45, 7) is 0. The van der Waals surface area contributed by atoms with Crippen molar-refractivity contribution in [3.63, 3.8) is 0 Å². The molecule has 0 amide bonds. The van der Waals surface area contributed by atoms with Gasteiger partial charge in [0.05, 0.1) is 0 Å². The summed E-state index contributed by atoms with van der Waals surface area (Å²) in [6, 6.07) is 0. The second-order valence-corrected chi connectivity index (χ2v) is 3.41. The molecule has 0 rings (SSSR count). The third-order valence-electron chi connectivity index (χ3n) is 2.05. The van der Waals surface area contributed by atoms with Crippen LogP contribution in [0.1, 0.15) is 0 Å². The minimum absolute atomic E-state index is 3.01. The lowest BCUT2D eigenvalue weighted by atomic mass is 10.0. The highest BCUT2D eigenvalue weighted by Crippen LogP contribution is 2.26. The van der Waals surface area contributed by atoms with Crippen molar-refractivity contribution in [3.05, 3.63) is 0 Å². The second kappa shape index (κ2) is 7.07. The Morgan fingerprint density at radius 2 is 0.722 bits per heavy atom. The van der Waals surface area contributed by atoms with E-state index >= 15 is 0 Å². The SMILES string of the molecule is OC(O)C(F)C(F)C(F)C(F)C(F)C(F)C(F)F. The molecule has 2 N–H and O–H groups in total. The van der Waals surface area contributed by atoms with Crippen molar-refractivity contribution in [1.82, 2.24) is 0 Å². The Kier molecular flexibility index (Phi) is 6.82. The highest BCUT2D eigenvalue weighted by Gasteiger charge is 2.46. The maximum absolute atomic E-state index is 12.8. The van der Waals surface area contributed by atoms with Crippen LogP contribution in [0.25, 0.3) is 0 Å². The van der Waals surface area contributed by atoms with Crippen LogP contribution in [0.2, 0.25) is 0 Å². The Bertz CT molecular complexity index is 217. The summed E-state index contributed by atoms with van der Waals surface area (Å²) in [5.41, 5.74) is 0. The molecule has 0 radical (unpaired) electrons. The third kappa shape index (κ3) is 4.23. The predicted molar refractivity (Wildman–Crippen MR) is 43.6 cm³/mol. The van der Waals surface area contributed by atoms with E-state index in [1.165, 1.54) is 0 Å². The lowest BCUT2D eigenvalue weighted by molar-refractivity contribution is -0.134. The van der Waals surface area contributed by atoms with Crippen LogP contribution in [0.5, 0.6) is 0 Å². The smallest absolute Gasteiger partial charge is 0.272 e. The van der Waals surface area contributed by atoms with E-state index in [1.54, 1.807) is 0 Å². The maximum Gasteiger partial charge on any atom is 0.272 e. The fourth-order valence-corrected chi connectivity index (χ4v) is 1.01. The topological polar surface area (TPSA) is 40.5 Å². The van der Waals surface area contributed by atoms with Gasteiger partial charge in [0.25, 0.3) is 6.43 Å². The first-order valence-corrected chi connectivity index (χ1v) is 4.60. The van der Waals surface area contributed by atoms with E-state index in [0.717, 1.165) is 0 Å². The summed E-state index contributed by atoms with van der Waals surface area (Å²) in [4.78, 5) is 0. The molecule has 0 heterocycles. The highest BCUT2D eigenvalue weighted by molar-refractivity contribution is 4.90. The fourth-order valence-electron chi connectivity index (χ4n) is 1.01. The first-order chi connectivity index (χ1) is 8.11. The van der Waals surface area contributed by atoms with Crippen molar-refractivity contribution < 1.29 is 45.3 Å². The molecule has 0 aliphatic heterocycles. The molecule has 0 aromatic heterocycles. The molecule has 0 saturated carbocycles. The molecule has 10 heteroatoms. The van der Waals surface area contributed by atoms with Gasteiger partial charge in [-0.2, -0.15) is 0 Å². The summed E-state index contributed by atoms with van der Waals surface area (Å²) in [6.07, 6.45) is -28.6. The fraction of sp³-hybridized carbons (Fsp3) is 1.00. The number of halogens is 8. The molecule has 110 valence electrons. The van der Waals surface area contributed by atoms with E-state index in [2.05, 4.69) is 0 Å². The lowest BCUT2D eigenvalue weighted by Crippen LogP contribution is -2.46. The van der Waals surface area contributed by atoms with Crippen molar-refractivity contribution >= 4 is 0 Å². The van der Waals surface area contributed by atoms with Crippen molar-refractivity contribution in [2.45, 2.75) is 49.7 Å². The summed E-state index contributed by atoms with van der Waals surface area (Å²) in [5, 5.41) is 16.2. The van der Waals surface area contributed by atoms with Gasteiger partial charge in [-0.1, -0.05) is 0 Å². The van der Waals surface area contributed by atoms with Gasteiger partial charge in [0.2, 0.25) is 0 Å². The summed E-state index contributed by atoms with van der Waals surface area (Å²) < 4.78 is 99.0. The van der Waals surface area contributed by atoms with Gasteiger partial charge in [-0.05, 0) is 0 Å². The van der Waals surface area contributed by atoms with Crippen LogP contribution in [-0.4, -0.2) is 60.0 Å². The normalized spacial score (nSPS) is 22.7. The lowest BCUT2D eigenvalue weighted by Gasteiger charge is -2.24. The van der Waals surface area contributed by atoms with Crippen LogP contribution in [0.3, 0.4) is 0 Å². The molecule has 0 aliphatic carbocycles. The largest absolute Gasteiger partial charge is 0.366 e. The molecule has 0 fully saturated rings. The quantitative estimate of drug-likeness (QED) is 0.552. The number of hydrogen-bond donors (Lipinski definition) is 2. The van der Waals surface area contributed by atoms with Gasteiger partial charge in [-0.25, -0.2) is 35.1 Å². The van der Waals surface area contributed by atoms with Gasteiger partial charge in [-0.15, -0.1) is 0 Å². The molecule has 0 aromatic carbocycles. The zero-order chi connectivity index (χ0) is 14.6. The van der Waals surface area contributed by atoms with E-state index in [4.69, 9.17) is 10.2 Å². The Labute approximate surface area is 96.2 Å². The van der Waals surface area contributed by atoms with E-state index in [0.29, 0.717) is 0 Å². The van der Waals surface area contributed by atoms with Crippen LogP contribution in [0.15, 0.2) is 0 Å². The van der Waals surface area contributed by atoms with Crippen LogP contribution >= 0.6 is 0 Å². The van der Waals surface area contributed by atoms with E-state index in [1.807, 2.05) is 0 Å². The zero-order valence-electron chi connectivity index (χ0n) is 8.54. The first kappa shape index (κ1) is 17.4. The Morgan fingerprint density at radius 1 is 0.444 bits per heavy atom. The molecule has 6 atom stereocenters.